The fourth-order valence-electron chi connectivity index (χ4n) is 2.22. The van der Waals surface area contributed by atoms with Crippen LogP contribution in [-0.2, 0) is 18.6 Å². The quantitative estimate of drug-likeness (QED) is 0.548. The van der Waals surface area contributed by atoms with Gasteiger partial charge in [0.2, 0.25) is 5.95 Å². The highest BCUT2D eigenvalue weighted by Crippen LogP contribution is 2.31. The molecular formula is C16H18ClN7O3S. The molecule has 3 aromatic rings. The van der Waals surface area contributed by atoms with Gasteiger partial charge in [0.1, 0.15) is 16.6 Å². The largest absolute Gasteiger partial charge is 0.497 e. The summed E-state index contributed by atoms with van der Waals surface area (Å²) in [5, 5.41) is 13.9. The second kappa shape index (κ2) is 10.2. The van der Waals surface area contributed by atoms with Gasteiger partial charge < -0.3 is 20.7 Å². The smallest absolute Gasteiger partial charge is 0.335 e. The van der Waals surface area contributed by atoms with Crippen molar-refractivity contribution in [2.24, 2.45) is 7.05 Å². The van der Waals surface area contributed by atoms with Gasteiger partial charge in [-0.1, -0.05) is 11.6 Å². The lowest BCUT2D eigenvalue weighted by Crippen LogP contribution is -2.05. The highest BCUT2D eigenvalue weighted by Gasteiger charge is 2.10. The molecule has 0 radical (unpaired) electrons. The summed E-state index contributed by atoms with van der Waals surface area (Å²) in [6.45, 7) is 0. The number of halogens is 1. The highest BCUT2D eigenvalue weighted by molar-refractivity contribution is 7.51. The van der Waals surface area contributed by atoms with Crippen LogP contribution < -0.4 is 20.7 Å². The predicted octanol–water partition coefficient (Wildman–Crippen LogP) is 2.73. The van der Waals surface area contributed by atoms with Crippen molar-refractivity contribution in [2.75, 3.05) is 30.1 Å². The molecular weight excluding hydrogens is 406 g/mol. The maximum Gasteiger partial charge on any atom is 0.335 e. The summed E-state index contributed by atoms with van der Waals surface area (Å²) in [5.41, 5.74) is 1.67. The van der Waals surface area contributed by atoms with Crippen LogP contribution in [0.25, 0.3) is 0 Å². The Morgan fingerprint density at radius 2 is 1.93 bits per heavy atom. The van der Waals surface area contributed by atoms with Gasteiger partial charge in [0.05, 0.1) is 30.9 Å². The van der Waals surface area contributed by atoms with Crippen LogP contribution in [0.1, 0.15) is 0 Å². The number of aryl methyl sites for hydroxylation is 1. The maximum absolute atomic E-state index is 8.29. The zero-order valence-corrected chi connectivity index (χ0v) is 16.8. The van der Waals surface area contributed by atoms with Crippen LogP contribution in [-0.4, -0.2) is 42.3 Å². The molecule has 3 rings (SSSR count). The molecule has 148 valence electrons. The molecule has 0 saturated carbocycles. The molecule has 0 aliphatic carbocycles. The van der Waals surface area contributed by atoms with Crippen molar-refractivity contribution < 1.29 is 13.2 Å². The Morgan fingerprint density at radius 3 is 2.54 bits per heavy atom. The Bertz CT molecular complexity index is 977. The Balaban J connectivity index is 0.000000878. The van der Waals surface area contributed by atoms with Crippen molar-refractivity contribution in [3.05, 3.63) is 41.7 Å². The molecule has 12 heteroatoms. The van der Waals surface area contributed by atoms with Crippen LogP contribution in [0.2, 0.25) is 5.02 Å². The number of ether oxygens (including phenoxy) is 1. The van der Waals surface area contributed by atoms with E-state index in [0.29, 0.717) is 16.8 Å². The zero-order valence-electron chi connectivity index (χ0n) is 15.3. The molecule has 0 spiro atoms. The normalized spacial score (nSPS) is 9.71. The van der Waals surface area contributed by atoms with Gasteiger partial charge in [-0.05, 0) is 12.1 Å². The SMILES string of the molecule is CNc1cc(OC)ccc1Nc1nc(Nc2ccnn2C)ncc1Cl.O=S=O. The van der Waals surface area contributed by atoms with Crippen molar-refractivity contribution >= 4 is 52.1 Å². The van der Waals surface area contributed by atoms with Gasteiger partial charge >= 0.3 is 11.6 Å². The van der Waals surface area contributed by atoms with E-state index in [1.807, 2.05) is 38.4 Å². The summed E-state index contributed by atoms with van der Waals surface area (Å²) in [7, 11) is 5.28. The molecule has 0 bridgehead atoms. The van der Waals surface area contributed by atoms with Gasteiger partial charge in [-0.25, -0.2) is 4.98 Å². The first-order valence-electron chi connectivity index (χ1n) is 7.84. The second-order valence-corrected chi connectivity index (χ2v) is 5.75. The molecule has 28 heavy (non-hydrogen) atoms. The second-order valence-electron chi connectivity index (χ2n) is 5.21. The van der Waals surface area contributed by atoms with Gasteiger partial charge in [-0.3, -0.25) is 4.68 Å². The molecule has 1 aromatic carbocycles. The molecule has 0 aliphatic heterocycles. The fourth-order valence-corrected chi connectivity index (χ4v) is 2.36. The van der Waals surface area contributed by atoms with Crippen LogP contribution >= 0.6 is 11.6 Å². The van der Waals surface area contributed by atoms with E-state index in [4.69, 9.17) is 24.8 Å². The highest BCUT2D eigenvalue weighted by atomic mass is 35.5. The molecule has 2 heterocycles. The van der Waals surface area contributed by atoms with Gasteiger partial charge in [-0.2, -0.15) is 18.5 Å². The number of hydrogen-bond donors (Lipinski definition) is 3. The lowest BCUT2D eigenvalue weighted by molar-refractivity contribution is 0.415. The number of methoxy groups -OCH3 is 1. The molecule has 3 N–H and O–H groups in total. The standard InChI is InChI=1S/C16H18ClN7O.O2S/c1-18-13-8-10(25-3)4-5-12(13)21-15-11(17)9-19-16(23-15)22-14-6-7-20-24(14)2;1-3-2/h4-9,18H,1-3H3,(H2,19,21,22,23);. The van der Waals surface area contributed by atoms with Crippen LogP contribution in [0.3, 0.4) is 0 Å². The molecule has 0 aliphatic rings. The third-order valence-corrected chi connectivity index (χ3v) is 3.83. The molecule has 0 amide bonds. The monoisotopic (exact) mass is 423 g/mol. The van der Waals surface area contributed by atoms with Crippen molar-refractivity contribution in [2.45, 2.75) is 0 Å². The topological polar surface area (TPSA) is 123 Å². The van der Waals surface area contributed by atoms with Crippen LogP contribution in [0, 0.1) is 0 Å². The Kier molecular flexibility index (Phi) is 7.72. The molecule has 10 nitrogen and oxygen atoms in total. The Morgan fingerprint density at radius 1 is 1.18 bits per heavy atom. The van der Waals surface area contributed by atoms with Gasteiger partial charge in [0, 0.05) is 26.2 Å². The van der Waals surface area contributed by atoms with E-state index in [0.717, 1.165) is 22.9 Å². The van der Waals surface area contributed by atoms with E-state index in [1.165, 1.54) is 6.20 Å². The van der Waals surface area contributed by atoms with E-state index in [1.54, 1.807) is 18.0 Å². The fraction of sp³-hybridized carbons (Fsp3) is 0.188. The van der Waals surface area contributed by atoms with Crippen LogP contribution in [0.5, 0.6) is 5.75 Å². The van der Waals surface area contributed by atoms with Crippen molar-refractivity contribution in [1.29, 1.82) is 0 Å². The molecule has 0 unspecified atom stereocenters. The third-order valence-electron chi connectivity index (χ3n) is 3.55. The summed E-state index contributed by atoms with van der Waals surface area (Å²) >= 11 is 5.49. The average molecular weight is 424 g/mol. The minimum Gasteiger partial charge on any atom is -0.497 e. The van der Waals surface area contributed by atoms with Crippen molar-refractivity contribution in [3.63, 3.8) is 0 Å². The van der Waals surface area contributed by atoms with Gasteiger partial charge in [0.15, 0.2) is 5.82 Å². The number of rotatable bonds is 6. The van der Waals surface area contributed by atoms with Crippen LogP contribution in [0.15, 0.2) is 36.7 Å². The van der Waals surface area contributed by atoms with E-state index >= 15 is 0 Å². The first-order chi connectivity index (χ1) is 13.5. The minimum absolute atomic E-state index is 0.411. The number of aromatic nitrogens is 4. The molecule has 0 atom stereocenters. The lowest BCUT2D eigenvalue weighted by Gasteiger charge is -2.14. The number of hydrogen-bond acceptors (Lipinski definition) is 9. The molecule has 0 fully saturated rings. The first-order valence-corrected chi connectivity index (χ1v) is 8.89. The summed E-state index contributed by atoms with van der Waals surface area (Å²) < 4.78 is 23.5. The number of benzene rings is 1. The van der Waals surface area contributed by atoms with Crippen LogP contribution in [0.4, 0.5) is 29.0 Å². The van der Waals surface area contributed by atoms with Gasteiger partial charge in [-0.15, -0.1) is 0 Å². The van der Waals surface area contributed by atoms with E-state index in [9.17, 15) is 0 Å². The van der Waals surface area contributed by atoms with Gasteiger partial charge in [0.25, 0.3) is 0 Å². The zero-order chi connectivity index (χ0) is 20.5. The summed E-state index contributed by atoms with van der Waals surface area (Å²) in [6.07, 6.45) is 3.23. The number of anilines is 5. The minimum atomic E-state index is -0.750. The molecule has 0 saturated heterocycles. The number of nitrogens with one attached hydrogen (secondary N) is 3. The summed E-state index contributed by atoms with van der Waals surface area (Å²) in [6, 6.07) is 7.45. The third kappa shape index (κ3) is 5.41. The van der Waals surface area contributed by atoms with E-state index in [2.05, 4.69) is 31.0 Å². The van der Waals surface area contributed by atoms with E-state index < -0.39 is 11.6 Å². The number of nitrogens with zero attached hydrogens (tertiary/aromatic N) is 4. The summed E-state index contributed by atoms with van der Waals surface area (Å²) in [4.78, 5) is 8.63. The Hall–Kier alpha value is -3.18. The summed E-state index contributed by atoms with van der Waals surface area (Å²) in [5.74, 6) is 2.42. The lowest BCUT2D eigenvalue weighted by atomic mass is 10.2. The first kappa shape index (κ1) is 21.1. The van der Waals surface area contributed by atoms with E-state index in [-0.39, 0.29) is 0 Å². The average Bonchev–Trinajstić information content (AvgIpc) is 3.10. The van der Waals surface area contributed by atoms with Crippen molar-refractivity contribution in [3.8, 4) is 5.75 Å². The Labute approximate surface area is 169 Å². The van der Waals surface area contributed by atoms with Crippen molar-refractivity contribution in [1.82, 2.24) is 19.7 Å². The maximum atomic E-state index is 8.29. The molecule has 2 aromatic heterocycles. The predicted molar refractivity (Wildman–Crippen MR) is 108 cm³/mol.